The van der Waals surface area contributed by atoms with Gasteiger partial charge >= 0.3 is 0 Å². The minimum absolute atomic E-state index is 0.0379. The highest BCUT2D eigenvalue weighted by molar-refractivity contribution is 5.83. The van der Waals surface area contributed by atoms with Gasteiger partial charge in [-0.2, -0.15) is 0 Å². The van der Waals surface area contributed by atoms with Crippen molar-refractivity contribution in [2.75, 3.05) is 13.2 Å². The van der Waals surface area contributed by atoms with Gasteiger partial charge in [0, 0.05) is 25.5 Å². The van der Waals surface area contributed by atoms with E-state index in [1.54, 1.807) is 6.07 Å². The molecule has 1 heterocycles. The molecule has 3 aromatic rings. The fraction of sp³-hybridized carbons (Fsp3) is 0.360. The summed E-state index contributed by atoms with van der Waals surface area (Å²) in [5.41, 5.74) is 1.08. The maximum absolute atomic E-state index is 14.5. The Labute approximate surface area is 175 Å². The maximum Gasteiger partial charge on any atom is 0.127 e. The van der Waals surface area contributed by atoms with Crippen LogP contribution in [0.15, 0.2) is 54.6 Å². The molecule has 2 unspecified atom stereocenters. The van der Waals surface area contributed by atoms with Crippen LogP contribution in [0.4, 0.5) is 8.78 Å². The third kappa shape index (κ3) is 4.47. The van der Waals surface area contributed by atoms with E-state index in [2.05, 4.69) is 0 Å². The average molecular weight is 412 g/mol. The second-order valence-corrected chi connectivity index (χ2v) is 7.85. The molecule has 0 aromatic heterocycles. The lowest BCUT2D eigenvalue weighted by atomic mass is 9.83. The highest BCUT2D eigenvalue weighted by atomic mass is 19.1. The molecule has 0 aliphatic carbocycles. The van der Waals surface area contributed by atoms with Crippen molar-refractivity contribution in [1.29, 1.82) is 0 Å². The minimum atomic E-state index is -0.576. The van der Waals surface area contributed by atoms with Crippen LogP contribution in [0.25, 0.3) is 10.8 Å². The smallest absolute Gasteiger partial charge is 0.127 e. The van der Waals surface area contributed by atoms with Gasteiger partial charge in [0.1, 0.15) is 24.0 Å². The molecule has 0 saturated carbocycles. The molecule has 2 atom stereocenters. The second-order valence-electron chi connectivity index (χ2n) is 7.85. The molecule has 158 valence electrons. The van der Waals surface area contributed by atoms with E-state index in [1.807, 2.05) is 38.1 Å². The molecule has 1 saturated heterocycles. The summed E-state index contributed by atoms with van der Waals surface area (Å²) < 4.78 is 45.7. The molecule has 0 amide bonds. The van der Waals surface area contributed by atoms with Gasteiger partial charge in [-0.15, -0.1) is 0 Å². The van der Waals surface area contributed by atoms with Gasteiger partial charge < -0.3 is 14.2 Å². The Kier molecular flexibility index (Phi) is 6.02. The van der Waals surface area contributed by atoms with Crippen LogP contribution >= 0.6 is 0 Å². The van der Waals surface area contributed by atoms with Crippen molar-refractivity contribution in [3.05, 3.63) is 77.4 Å². The van der Waals surface area contributed by atoms with Crippen molar-refractivity contribution < 1.29 is 23.0 Å². The first-order chi connectivity index (χ1) is 14.5. The molecule has 4 rings (SSSR count). The van der Waals surface area contributed by atoms with Crippen molar-refractivity contribution in [2.24, 2.45) is 0 Å². The number of rotatable bonds is 6. The number of benzene rings is 3. The Bertz CT molecular complexity index is 1030. The van der Waals surface area contributed by atoms with E-state index in [-0.39, 0.29) is 24.3 Å². The zero-order chi connectivity index (χ0) is 21.1. The molecule has 5 heteroatoms. The van der Waals surface area contributed by atoms with Crippen LogP contribution in [0.2, 0.25) is 0 Å². The molecule has 1 fully saturated rings. The fourth-order valence-electron chi connectivity index (χ4n) is 4.24. The Hall–Kier alpha value is -2.50. The molecule has 0 N–H and O–H groups in total. The van der Waals surface area contributed by atoms with Gasteiger partial charge in [0.15, 0.2) is 0 Å². The van der Waals surface area contributed by atoms with Crippen LogP contribution in [-0.4, -0.2) is 19.3 Å². The SMILES string of the molecule is CCOC1(c2cc(F)cc(OCc3ccc4ccc(F)cc4c3)c2)CCOC(C)C1. The Morgan fingerprint density at radius 1 is 1.00 bits per heavy atom. The zero-order valence-electron chi connectivity index (χ0n) is 17.3. The summed E-state index contributed by atoms with van der Waals surface area (Å²) in [4.78, 5) is 0. The van der Waals surface area contributed by atoms with Crippen molar-refractivity contribution in [2.45, 2.75) is 45.0 Å². The summed E-state index contributed by atoms with van der Waals surface area (Å²) in [6.07, 6.45) is 1.38. The van der Waals surface area contributed by atoms with E-state index in [0.717, 1.165) is 21.9 Å². The van der Waals surface area contributed by atoms with E-state index in [4.69, 9.17) is 14.2 Å². The molecule has 0 bridgehead atoms. The summed E-state index contributed by atoms with van der Waals surface area (Å²) in [6.45, 7) is 5.32. The van der Waals surface area contributed by atoms with Gasteiger partial charge in [-0.05, 0) is 66.1 Å². The molecular formula is C25H26F2O3. The van der Waals surface area contributed by atoms with Crippen LogP contribution in [0, 0.1) is 11.6 Å². The Morgan fingerprint density at radius 3 is 2.63 bits per heavy atom. The largest absolute Gasteiger partial charge is 0.489 e. The quantitative estimate of drug-likeness (QED) is 0.488. The maximum atomic E-state index is 14.5. The normalized spacial score (nSPS) is 21.7. The first-order valence-corrected chi connectivity index (χ1v) is 10.3. The van der Waals surface area contributed by atoms with E-state index >= 15 is 0 Å². The van der Waals surface area contributed by atoms with E-state index < -0.39 is 5.60 Å². The molecule has 0 radical (unpaired) electrons. The van der Waals surface area contributed by atoms with E-state index in [9.17, 15) is 8.78 Å². The second kappa shape index (κ2) is 8.70. The first-order valence-electron chi connectivity index (χ1n) is 10.3. The van der Waals surface area contributed by atoms with Gasteiger partial charge in [-0.25, -0.2) is 8.78 Å². The van der Waals surface area contributed by atoms with E-state index in [0.29, 0.717) is 31.8 Å². The molecular weight excluding hydrogens is 386 g/mol. The van der Waals surface area contributed by atoms with Crippen LogP contribution < -0.4 is 4.74 Å². The molecule has 30 heavy (non-hydrogen) atoms. The monoisotopic (exact) mass is 412 g/mol. The molecule has 0 spiro atoms. The van der Waals surface area contributed by atoms with Crippen LogP contribution in [-0.2, 0) is 21.7 Å². The van der Waals surface area contributed by atoms with Crippen LogP contribution in [0.1, 0.15) is 37.8 Å². The van der Waals surface area contributed by atoms with Gasteiger partial charge in [-0.1, -0.05) is 18.2 Å². The molecule has 1 aliphatic rings. The van der Waals surface area contributed by atoms with Gasteiger partial charge in [0.2, 0.25) is 0 Å². The summed E-state index contributed by atoms with van der Waals surface area (Å²) in [5, 5.41) is 1.77. The predicted molar refractivity (Wildman–Crippen MR) is 113 cm³/mol. The lowest BCUT2D eigenvalue weighted by Crippen LogP contribution is -2.40. The third-order valence-electron chi connectivity index (χ3n) is 5.62. The number of halogens is 2. The minimum Gasteiger partial charge on any atom is -0.489 e. The molecule has 3 nitrogen and oxygen atoms in total. The highest BCUT2D eigenvalue weighted by Crippen LogP contribution is 2.40. The molecule has 3 aromatic carbocycles. The number of hydrogen-bond donors (Lipinski definition) is 0. The van der Waals surface area contributed by atoms with Crippen molar-refractivity contribution in [1.82, 2.24) is 0 Å². The first kappa shape index (κ1) is 20.8. The lowest BCUT2D eigenvalue weighted by Gasteiger charge is -2.40. The van der Waals surface area contributed by atoms with E-state index in [1.165, 1.54) is 24.3 Å². The lowest BCUT2D eigenvalue weighted by molar-refractivity contribution is -0.137. The summed E-state index contributed by atoms with van der Waals surface area (Å²) in [7, 11) is 0. The number of fused-ring (bicyclic) bond motifs is 1. The average Bonchev–Trinajstić information content (AvgIpc) is 2.72. The summed E-state index contributed by atoms with van der Waals surface area (Å²) >= 11 is 0. The number of ether oxygens (including phenoxy) is 3. The van der Waals surface area contributed by atoms with Crippen molar-refractivity contribution in [3.8, 4) is 5.75 Å². The Morgan fingerprint density at radius 2 is 1.83 bits per heavy atom. The third-order valence-corrected chi connectivity index (χ3v) is 5.62. The Balaban J connectivity index is 1.57. The molecule has 1 aliphatic heterocycles. The van der Waals surface area contributed by atoms with Gasteiger partial charge in [0.25, 0.3) is 0 Å². The summed E-state index contributed by atoms with van der Waals surface area (Å²) in [5.74, 6) is -0.189. The van der Waals surface area contributed by atoms with Gasteiger partial charge in [-0.3, -0.25) is 0 Å². The topological polar surface area (TPSA) is 27.7 Å². The van der Waals surface area contributed by atoms with Crippen LogP contribution in [0.3, 0.4) is 0 Å². The van der Waals surface area contributed by atoms with Crippen molar-refractivity contribution in [3.63, 3.8) is 0 Å². The van der Waals surface area contributed by atoms with Crippen molar-refractivity contribution >= 4 is 10.8 Å². The summed E-state index contributed by atoms with van der Waals surface area (Å²) in [6, 6.07) is 15.2. The standard InChI is InChI=1S/C25H26F2O3/c1-3-30-25(8-9-28-17(2)15-25)21-12-23(27)14-24(13-21)29-16-18-4-5-19-6-7-22(26)11-20(19)10-18/h4-7,10-14,17H,3,8-9,15-16H2,1-2H3. The van der Waals surface area contributed by atoms with Gasteiger partial charge in [0.05, 0.1) is 18.3 Å². The van der Waals surface area contributed by atoms with Crippen LogP contribution in [0.5, 0.6) is 5.75 Å². The predicted octanol–water partition coefficient (Wildman–Crippen LogP) is 6.13. The fourth-order valence-corrected chi connectivity index (χ4v) is 4.24. The number of hydrogen-bond acceptors (Lipinski definition) is 3. The highest BCUT2D eigenvalue weighted by Gasteiger charge is 2.38. The zero-order valence-corrected chi connectivity index (χ0v) is 17.3.